The average molecular weight is 481 g/mol. The fourth-order valence-corrected chi connectivity index (χ4v) is 3.31. The van der Waals surface area contributed by atoms with Gasteiger partial charge >= 0.3 is 0 Å². The first-order chi connectivity index (χ1) is 17.9. The molecular formula is C24H27N7O4. The number of hydrogen-bond donors (Lipinski definition) is 4. The zero-order valence-electron chi connectivity index (χ0n) is 22.4. The Morgan fingerprint density at radius 3 is 2.60 bits per heavy atom. The number of pyridine rings is 2. The molecule has 0 saturated heterocycles. The molecule has 0 atom stereocenters. The van der Waals surface area contributed by atoms with Crippen molar-refractivity contribution in [3.8, 4) is 17.0 Å². The van der Waals surface area contributed by atoms with Crippen LogP contribution in [0.4, 0.5) is 17.3 Å². The Morgan fingerprint density at radius 2 is 1.97 bits per heavy atom. The number of hydrogen-bond acceptors (Lipinski definition) is 9. The van der Waals surface area contributed by atoms with Crippen LogP contribution in [-0.2, 0) is 10.4 Å². The minimum absolute atomic E-state index is 0.0749. The topological polar surface area (TPSA) is 151 Å². The molecule has 3 heterocycles. The molecule has 0 aromatic carbocycles. The Bertz CT molecular complexity index is 1350. The summed E-state index contributed by atoms with van der Waals surface area (Å²) in [4.78, 5) is 42.1. The van der Waals surface area contributed by atoms with Crippen LogP contribution in [0.3, 0.4) is 0 Å². The first kappa shape index (κ1) is 20.3. The predicted octanol–water partition coefficient (Wildman–Crippen LogP) is 2.62. The fraction of sp³-hybridized carbons (Fsp3) is 0.333. The lowest BCUT2D eigenvalue weighted by atomic mass is 10.1. The van der Waals surface area contributed by atoms with Crippen molar-refractivity contribution in [3.05, 3.63) is 48.2 Å². The van der Waals surface area contributed by atoms with Crippen LogP contribution in [0.5, 0.6) is 5.75 Å². The van der Waals surface area contributed by atoms with Crippen molar-refractivity contribution in [1.29, 1.82) is 0 Å². The van der Waals surface area contributed by atoms with Crippen LogP contribution < -0.4 is 20.7 Å². The molecular weight excluding hydrogens is 450 g/mol. The van der Waals surface area contributed by atoms with Crippen LogP contribution >= 0.6 is 0 Å². The number of carbonyl (C=O) groups excluding carboxylic acids is 2. The van der Waals surface area contributed by atoms with Crippen LogP contribution in [0.2, 0.25) is 0 Å². The van der Waals surface area contributed by atoms with Crippen LogP contribution in [0.1, 0.15) is 46.9 Å². The number of rotatable bonds is 8. The van der Waals surface area contributed by atoms with E-state index in [0.717, 1.165) is 12.8 Å². The number of methoxy groups -OCH3 is 1. The maximum absolute atomic E-state index is 12.8. The molecule has 0 spiro atoms. The summed E-state index contributed by atoms with van der Waals surface area (Å²) in [6, 6.07) is 3.08. The molecule has 1 saturated carbocycles. The summed E-state index contributed by atoms with van der Waals surface area (Å²) < 4.78 is 27.7. The third kappa shape index (κ3) is 5.35. The molecule has 182 valence electrons. The number of amides is 2. The minimum Gasteiger partial charge on any atom is -0.492 e. The van der Waals surface area contributed by atoms with Gasteiger partial charge in [-0.15, -0.1) is 0 Å². The summed E-state index contributed by atoms with van der Waals surface area (Å²) in [7, 11) is 1.43. The smallest absolute Gasteiger partial charge is 0.254 e. The van der Waals surface area contributed by atoms with Crippen LogP contribution in [0.25, 0.3) is 11.3 Å². The molecule has 1 aliphatic carbocycles. The van der Waals surface area contributed by atoms with E-state index >= 15 is 0 Å². The molecule has 35 heavy (non-hydrogen) atoms. The van der Waals surface area contributed by atoms with E-state index in [2.05, 4.69) is 30.6 Å². The van der Waals surface area contributed by atoms with Crippen molar-refractivity contribution in [2.24, 2.45) is 5.92 Å². The van der Waals surface area contributed by atoms with E-state index in [1.54, 1.807) is 19.9 Å². The summed E-state index contributed by atoms with van der Waals surface area (Å²) in [6.07, 6.45) is 7.19. The summed E-state index contributed by atoms with van der Waals surface area (Å²) in [5.41, 5.74) is 0.223. The molecule has 3 aromatic rings. The highest BCUT2D eigenvalue weighted by molar-refractivity contribution is 6.01. The molecule has 1 fully saturated rings. The number of aromatic nitrogens is 4. The number of anilines is 3. The van der Waals surface area contributed by atoms with E-state index in [1.165, 1.54) is 38.0 Å². The summed E-state index contributed by atoms with van der Waals surface area (Å²) in [5, 5.41) is 17.8. The molecule has 0 bridgehead atoms. The van der Waals surface area contributed by atoms with Crippen LogP contribution in [0, 0.1) is 5.92 Å². The van der Waals surface area contributed by atoms with Gasteiger partial charge in [0.15, 0.2) is 11.6 Å². The molecule has 0 unspecified atom stereocenters. The van der Waals surface area contributed by atoms with Crippen molar-refractivity contribution in [3.63, 3.8) is 0 Å². The van der Waals surface area contributed by atoms with E-state index < -0.39 is 18.5 Å². The largest absolute Gasteiger partial charge is 0.492 e. The molecule has 2 amide bonds. The Hall–Kier alpha value is -4.12. The molecule has 0 radical (unpaired) electrons. The molecule has 4 rings (SSSR count). The second kappa shape index (κ2) is 9.63. The number of aliphatic hydroxyl groups is 1. The zero-order chi connectivity index (χ0) is 27.7. The highest BCUT2D eigenvalue weighted by Gasteiger charge is 2.30. The number of carbonyl (C=O) groups is 2. The second-order valence-corrected chi connectivity index (χ2v) is 8.54. The standard InChI is InChI=1S/C24H27N7O4/c1-24(2,34)18-12-27-17(11-28-18)14-7-8-26-21(20(14)35-4)30-16-9-19(31-22(32)13-5-6-13)29-10-15(16)23(33)25-3/h7-13,34H,5-6H2,1-4H3,(H,25,33)(H2,26,29,30,31,32)/i3D3. The van der Waals surface area contributed by atoms with Gasteiger partial charge in [-0.2, -0.15) is 0 Å². The van der Waals surface area contributed by atoms with Crippen LogP contribution in [0.15, 0.2) is 36.9 Å². The monoisotopic (exact) mass is 480 g/mol. The zero-order valence-corrected chi connectivity index (χ0v) is 19.4. The van der Waals surface area contributed by atoms with E-state index in [9.17, 15) is 14.7 Å². The molecule has 0 aliphatic heterocycles. The van der Waals surface area contributed by atoms with Gasteiger partial charge < -0.3 is 25.8 Å². The first-order valence-electron chi connectivity index (χ1n) is 12.3. The Kier molecular flexibility index (Phi) is 5.58. The predicted molar refractivity (Wildman–Crippen MR) is 129 cm³/mol. The average Bonchev–Trinajstić information content (AvgIpc) is 3.68. The molecule has 11 nitrogen and oxygen atoms in total. The maximum atomic E-state index is 12.8. The van der Waals surface area contributed by atoms with Gasteiger partial charge in [-0.05, 0) is 32.8 Å². The number of nitrogens with zero attached hydrogens (tertiary/aromatic N) is 4. The van der Waals surface area contributed by atoms with Crippen LogP contribution in [-0.4, -0.2) is 50.9 Å². The van der Waals surface area contributed by atoms with Crippen molar-refractivity contribution in [2.45, 2.75) is 32.3 Å². The fourth-order valence-electron chi connectivity index (χ4n) is 3.31. The van der Waals surface area contributed by atoms with E-state index in [1.807, 2.05) is 5.32 Å². The third-order valence-electron chi connectivity index (χ3n) is 5.38. The van der Waals surface area contributed by atoms with Crippen molar-refractivity contribution < 1.29 is 23.5 Å². The molecule has 1 aliphatic rings. The summed E-state index contributed by atoms with van der Waals surface area (Å²) >= 11 is 0. The highest BCUT2D eigenvalue weighted by atomic mass is 16.5. The number of nitrogens with one attached hydrogen (secondary N) is 3. The summed E-state index contributed by atoms with van der Waals surface area (Å²) in [6.45, 7) is 0.473. The van der Waals surface area contributed by atoms with Crippen molar-refractivity contribution in [2.75, 3.05) is 24.7 Å². The normalized spacial score (nSPS) is 14.8. The van der Waals surface area contributed by atoms with Crippen molar-refractivity contribution >= 4 is 29.1 Å². The SMILES string of the molecule is [2H]C([2H])([2H])NC(=O)c1cnc(NC(=O)C2CC2)cc1Nc1nccc(-c2cnc(C(C)(C)O)cn2)c1OC. The van der Waals surface area contributed by atoms with E-state index in [0.29, 0.717) is 17.0 Å². The van der Waals surface area contributed by atoms with E-state index in [4.69, 9.17) is 8.85 Å². The second-order valence-electron chi connectivity index (χ2n) is 8.54. The minimum atomic E-state index is -2.73. The molecule has 3 aromatic heterocycles. The van der Waals surface area contributed by atoms with Crippen molar-refractivity contribution in [1.82, 2.24) is 25.3 Å². The van der Waals surface area contributed by atoms with Gasteiger partial charge in [-0.25, -0.2) is 9.97 Å². The molecule has 11 heteroatoms. The highest BCUT2D eigenvalue weighted by Crippen LogP contribution is 2.36. The quantitative estimate of drug-likeness (QED) is 0.381. The third-order valence-corrected chi connectivity index (χ3v) is 5.38. The molecule has 4 N–H and O–H groups in total. The van der Waals surface area contributed by atoms with Gasteiger partial charge in [-0.3, -0.25) is 19.6 Å². The van der Waals surface area contributed by atoms with Gasteiger partial charge in [0.1, 0.15) is 11.4 Å². The Labute approximate surface area is 206 Å². The lowest BCUT2D eigenvalue weighted by molar-refractivity contribution is -0.117. The van der Waals surface area contributed by atoms with Gasteiger partial charge in [0, 0.05) is 41.0 Å². The Morgan fingerprint density at radius 1 is 1.17 bits per heavy atom. The first-order valence-corrected chi connectivity index (χ1v) is 10.8. The van der Waals surface area contributed by atoms with Gasteiger partial charge in [0.05, 0.1) is 42.1 Å². The van der Waals surface area contributed by atoms with Gasteiger partial charge in [0.2, 0.25) is 5.91 Å². The van der Waals surface area contributed by atoms with Gasteiger partial charge in [-0.1, -0.05) is 0 Å². The van der Waals surface area contributed by atoms with E-state index in [-0.39, 0.29) is 40.5 Å². The maximum Gasteiger partial charge on any atom is 0.254 e. The van der Waals surface area contributed by atoms with Gasteiger partial charge in [0.25, 0.3) is 5.91 Å². The summed E-state index contributed by atoms with van der Waals surface area (Å²) in [5.74, 6) is -0.531. The lowest BCUT2D eigenvalue weighted by Crippen LogP contribution is -2.20. The lowest BCUT2D eigenvalue weighted by Gasteiger charge is -2.18. The Balaban J connectivity index is 1.71. The number of ether oxygens (including phenoxy) is 1.